The molecule has 0 rings (SSSR count). The van der Waals surface area contributed by atoms with Crippen LogP contribution in [0.1, 0.15) is 440 Å². The number of esters is 4. The first-order valence-corrected chi connectivity index (χ1v) is 46.0. The van der Waals surface area contributed by atoms with Crippen LogP contribution in [0.4, 0.5) is 0 Å². The van der Waals surface area contributed by atoms with E-state index in [0.29, 0.717) is 31.6 Å². The van der Waals surface area contributed by atoms with E-state index in [-0.39, 0.29) is 25.7 Å². The van der Waals surface area contributed by atoms with Crippen LogP contribution in [-0.2, 0) is 65.4 Å². The summed E-state index contributed by atoms with van der Waals surface area (Å²) in [5.41, 5.74) is 0. The van der Waals surface area contributed by atoms with Gasteiger partial charge in [-0.25, -0.2) is 9.13 Å². The molecule has 0 saturated heterocycles. The van der Waals surface area contributed by atoms with E-state index in [1.807, 2.05) is 0 Å². The molecule has 0 spiro atoms. The maximum atomic E-state index is 13.1. The van der Waals surface area contributed by atoms with Gasteiger partial charge in [0.25, 0.3) is 0 Å². The molecule has 0 bridgehead atoms. The van der Waals surface area contributed by atoms with Crippen LogP contribution in [-0.4, -0.2) is 96.7 Å². The lowest BCUT2D eigenvalue weighted by atomic mass is 9.99. The summed E-state index contributed by atoms with van der Waals surface area (Å²) < 4.78 is 68.7. The summed E-state index contributed by atoms with van der Waals surface area (Å²) in [5.74, 6) is -0.636. The molecule has 0 aromatic carbocycles. The van der Waals surface area contributed by atoms with Crippen molar-refractivity contribution in [2.75, 3.05) is 39.6 Å². The molecule has 0 saturated carbocycles. The smallest absolute Gasteiger partial charge is 0.462 e. The topological polar surface area (TPSA) is 237 Å². The van der Waals surface area contributed by atoms with Crippen LogP contribution in [0.25, 0.3) is 0 Å². The number of phosphoric ester groups is 2. The summed E-state index contributed by atoms with van der Waals surface area (Å²) in [7, 11) is -9.92. The van der Waals surface area contributed by atoms with E-state index in [1.54, 1.807) is 0 Å². The van der Waals surface area contributed by atoms with E-state index < -0.39 is 97.5 Å². The highest BCUT2D eigenvalue weighted by atomic mass is 31.2. The van der Waals surface area contributed by atoms with E-state index in [1.165, 1.54) is 250 Å². The lowest BCUT2D eigenvalue weighted by molar-refractivity contribution is -0.161. The quantitative estimate of drug-likeness (QED) is 0.0222. The highest BCUT2D eigenvalue weighted by Gasteiger charge is 2.30. The van der Waals surface area contributed by atoms with Crippen LogP contribution in [0, 0.1) is 11.8 Å². The third kappa shape index (κ3) is 74.9. The second kappa shape index (κ2) is 74.5. The van der Waals surface area contributed by atoms with Gasteiger partial charge in [-0.2, -0.15) is 0 Å². The average Bonchev–Trinajstić information content (AvgIpc) is 0.909. The van der Waals surface area contributed by atoms with Crippen molar-refractivity contribution >= 4 is 39.5 Å². The summed E-state index contributed by atoms with van der Waals surface area (Å²) in [5, 5.41) is 10.6. The zero-order valence-electron chi connectivity index (χ0n) is 66.9. The van der Waals surface area contributed by atoms with Crippen molar-refractivity contribution < 1.29 is 80.2 Å². The van der Waals surface area contributed by atoms with Crippen molar-refractivity contribution in [2.45, 2.75) is 458 Å². The standard InChI is InChI=1S/C83H162O17P2/c1-7-10-12-14-16-18-20-22-24-26-28-30-32-34-36-38-40-47-53-59-65-80(85)93-71-78(99-82(87)67-61-55-48-41-39-37-35-33-31-29-27-25-23-21-19-17-15-13-11-8-2)73-97-101(89,90)95-69-77(84)70-96-102(91,92)98-74-79(72-94-81(86)66-60-54-50-44-45-51-57-63-75(4)5)100-83(88)68-62-56-49-43-42-46-52-58-64-76(6)9-3/h75-79,84H,7-74H2,1-6H3,(H,89,90)(H,91,92)/t76?,77-,78-,79-/m1/s1. The van der Waals surface area contributed by atoms with Crippen LogP contribution < -0.4 is 0 Å². The van der Waals surface area contributed by atoms with Gasteiger partial charge in [0.05, 0.1) is 26.4 Å². The molecule has 606 valence electrons. The molecule has 6 atom stereocenters. The Hall–Kier alpha value is -1.94. The molecule has 3 unspecified atom stereocenters. The van der Waals surface area contributed by atoms with Crippen LogP contribution in [0.15, 0.2) is 0 Å². The Labute approximate surface area is 626 Å². The third-order valence-electron chi connectivity index (χ3n) is 19.8. The van der Waals surface area contributed by atoms with Crippen molar-refractivity contribution in [1.82, 2.24) is 0 Å². The highest BCUT2D eigenvalue weighted by molar-refractivity contribution is 7.47. The van der Waals surface area contributed by atoms with Crippen LogP contribution in [0.3, 0.4) is 0 Å². The largest absolute Gasteiger partial charge is 0.472 e. The van der Waals surface area contributed by atoms with Crippen LogP contribution >= 0.6 is 15.6 Å². The number of rotatable bonds is 82. The zero-order chi connectivity index (χ0) is 74.9. The second-order valence-electron chi connectivity index (χ2n) is 30.6. The Morgan fingerprint density at radius 2 is 0.500 bits per heavy atom. The predicted molar refractivity (Wildman–Crippen MR) is 418 cm³/mol. The Balaban J connectivity index is 5.21. The Kier molecular flexibility index (Phi) is 73.1. The molecule has 0 heterocycles. The molecule has 0 radical (unpaired) electrons. The molecule has 102 heavy (non-hydrogen) atoms. The molecule has 0 aromatic rings. The SMILES string of the molecule is CCCCCCCCCCCCCCCCCCCCCCC(=O)OC[C@H](COP(=O)(O)OC[C@@H](O)COP(=O)(O)OC[C@@H](COC(=O)CCCCCCCCCC(C)C)OC(=O)CCCCCCCCCCC(C)CC)OC(=O)CCCCCCCCCCCCCCCCCCCCCC. The van der Waals surface area contributed by atoms with E-state index >= 15 is 0 Å². The monoisotopic (exact) mass is 1490 g/mol. The molecule has 0 aliphatic carbocycles. The first-order valence-electron chi connectivity index (χ1n) is 43.0. The van der Waals surface area contributed by atoms with Gasteiger partial charge in [-0.05, 0) is 37.5 Å². The number of hydrogen-bond acceptors (Lipinski definition) is 15. The van der Waals surface area contributed by atoms with Crippen molar-refractivity contribution in [1.29, 1.82) is 0 Å². The van der Waals surface area contributed by atoms with E-state index in [9.17, 15) is 43.2 Å². The molecule has 3 N–H and O–H groups in total. The van der Waals surface area contributed by atoms with Gasteiger partial charge < -0.3 is 33.8 Å². The molecule has 17 nitrogen and oxygen atoms in total. The summed E-state index contributed by atoms with van der Waals surface area (Å²) >= 11 is 0. The maximum Gasteiger partial charge on any atom is 0.472 e. The number of aliphatic hydroxyl groups is 1. The fourth-order valence-electron chi connectivity index (χ4n) is 12.9. The van der Waals surface area contributed by atoms with E-state index in [4.69, 9.17) is 37.0 Å². The zero-order valence-corrected chi connectivity index (χ0v) is 68.7. The molecule has 0 aliphatic heterocycles. The molecule has 0 amide bonds. The van der Waals surface area contributed by atoms with Gasteiger partial charge in [-0.3, -0.25) is 37.3 Å². The molecule has 0 aliphatic rings. The van der Waals surface area contributed by atoms with Gasteiger partial charge in [0.15, 0.2) is 12.2 Å². The first-order chi connectivity index (χ1) is 49.4. The fraction of sp³-hybridized carbons (Fsp3) is 0.952. The molecule has 0 fully saturated rings. The summed E-state index contributed by atoms with van der Waals surface area (Å²) in [4.78, 5) is 73.0. The normalized spacial score (nSPS) is 14.1. The van der Waals surface area contributed by atoms with Gasteiger partial charge in [-0.1, -0.05) is 388 Å². The number of carbonyl (C=O) groups excluding carboxylic acids is 4. The highest BCUT2D eigenvalue weighted by Crippen LogP contribution is 2.45. The van der Waals surface area contributed by atoms with E-state index in [0.717, 1.165) is 102 Å². The molecule has 19 heteroatoms. The van der Waals surface area contributed by atoms with Crippen molar-refractivity contribution in [3.8, 4) is 0 Å². The number of phosphoric acid groups is 2. The Morgan fingerprint density at radius 3 is 0.745 bits per heavy atom. The first kappa shape index (κ1) is 100. The number of ether oxygens (including phenoxy) is 4. The van der Waals surface area contributed by atoms with Gasteiger partial charge >= 0.3 is 39.5 Å². The Bertz CT molecular complexity index is 1960. The predicted octanol–water partition coefficient (Wildman–Crippen LogP) is 25.1. The number of unbranched alkanes of at least 4 members (excludes halogenated alkanes) is 51. The Morgan fingerprint density at radius 1 is 0.284 bits per heavy atom. The average molecular weight is 1490 g/mol. The third-order valence-corrected chi connectivity index (χ3v) is 21.7. The van der Waals surface area contributed by atoms with E-state index in [2.05, 4.69) is 41.5 Å². The van der Waals surface area contributed by atoms with Gasteiger partial charge in [-0.15, -0.1) is 0 Å². The lowest BCUT2D eigenvalue weighted by Gasteiger charge is -2.21. The van der Waals surface area contributed by atoms with Crippen LogP contribution in [0.5, 0.6) is 0 Å². The number of aliphatic hydroxyl groups excluding tert-OH is 1. The number of carbonyl (C=O) groups is 4. The van der Waals surface area contributed by atoms with Gasteiger partial charge in [0.1, 0.15) is 19.3 Å². The van der Waals surface area contributed by atoms with Crippen molar-refractivity contribution in [3.63, 3.8) is 0 Å². The van der Waals surface area contributed by atoms with Gasteiger partial charge in [0.2, 0.25) is 0 Å². The maximum absolute atomic E-state index is 13.1. The molecular weight excluding hydrogens is 1330 g/mol. The molecular formula is C83H162O17P2. The van der Waals surface area contributed by atoms with Crippen LogP contribution in [0.2, 0.25) is 0 Å². The minimum atomic E-state index is -4.96. The fourth-order valence-corrected chi connectivity index (χ4v) is 14.4. The minimum absolute atomic E-state index is 0.105. The van der Waals surface area contributed by atoms with Crippen molar-refractivity contribution in [2.24, 2.45) is 11.8 Å². The molecule has 0 aromatic heterocycles. The van der Waals surface area contributed by atoms with Gasteiger partial charge in [0, 0.05) is 25.7 Å². The number of hydrogen-bond donors (Lipinski definition) is 3. The minimum Gasteiger partial charge on any atom is -0.462 e. The summed E-state index contributed by atoms with van der Waals surface area (Å²) in [6, 6.07) is 0. The second-order valence-corrected chi connectivity index (χ2v) is 33.5. The lowest BCUT2D eigenvalue weighted by Crippen LogP contribution is -2.30. The van der Waals surface area contributed by atoms with Crippen molar-refractivity contribution in [3.05, 3.63) is 0 Å². The summed E-state index contributed by atoms with van der Waals surface area (Å²) in [6.45, 7) is 9.58. The summed E-state index contributed by atoms with van der Waals surface area (Å²) in [6.07, 6.45) is 65.5.